The number of aryl methyl sites for hydroxylation is 1. The summed E-state index contributed by atoms with van der Waals surface area (Å²) < 4.78 is 6.60. The summed E-state index contributed by atoms with van der Waals surface area (Å²) in [5, 5.41) is 10.6. The van der Waals surface area contributed by atoms with E-state index in [1.165, 1.54) is 10.7 Å². The molecule has 0 aliphatic carbocycles. The summed E-state index contributed by atoms with van der Waals surface area (Å²) in [6, 6.07) is 2.40. The number of alkyl carbamates (subject to hydrolysis) is 1. The average Bonchev–Trinajstić information content (AvgIpc) is 2.68. The van der Waals surface area contributed by atoms with E-state index in [1.54, 1.807) is 38.8 Å². The van der Waals surface area contributed by atoms with Gasteiger partial charge in [0.25, 0.3) is 5.56 Å². The maximum absolute atomic E-state index is 12.9. The van der Waals surface area contributed by atoms with Gasteiger partial charge in [-0.1, -0.05) is 0 Å². The molecule has 9 nitrogen and oxygen atoms in total. The maximum Gasteiger partial charge on any atom is 0.407 e. The third-order valence-corrected chi connectivity index (χ3v) is 5.35. The number of carbonyl (C=O) groups excluding carboxylic acids is 2. The standard InChI is InChI=1S/C21H34ClN5O4/c1-14(24-20(30)31-21(2,3)4)13-27(18(29)12-22)19(15-8-10-23-11-9-15)16-6-7-17(28)26(5)25-16/h6-7,14-15,19,23H,8-13H2,1-5H3,(H,24,30)/t14?,19-/m0/s1. The molecule has 1 unspecified atom stereocenters. The lowest BCUT2D eigenvalue weighted by molar-refractivity contribution is -0.133. The van der Waals surface area contributed by atoms with Crippen LogP contribution in [0.15, 0.2) is 16.9 Å². The fourth-order valence-corrected chi connectivity index (χ4v) is 3.94. The SMILES string of the molecule is CC(CN(C(=O)CCl)[C@H](c1ccc(=O)n(C)n1)C1CCNCC1)NC(=O)OC(C)(C)C. The van der Waals surface area contributed by atoms with Crippen molar-refractivity contribution < 1.29 is 14.3 Å². The summed E-state index contributed by atoms with van der Waals surface area (Å²) in [6.07, 6.45) is 1.17. The molecule has 2 N–H and O–H groups in total. The van der Waals surface area contributed by atoms with E-state index in [0.717, 1.165) is 25.9 Å². The van der Waals surface area contributed by atoms with E-state index in [9.17, 15) is 14.4 Å². The fraction of sp³-hybridized carbons (Fsp3) is 0.714. The Labute approximate surface area is 188 Å². The van der Waals surface area contributed by atoms with Gasteiger partial charge in [-0.2, -0.15) is 5.10 Å². The van der Waals surface area contributed by atoms with E-state index in [1.807, 2.05) is 6.92 Å². The number of rotatable bonds is 7. The topological polar surface area (TPSA) is 106 Å². The molecule has 0 spiro atoms. The van der Waals surface area contributed by atoms with Gasteiger partial charge < -0.3 is 20.3 Å². The zero-order chi connectivity index (χ0) is 23.2. The zero-order valence-corrected chi connectivity index (χ0v) is 19.7. The molecule has 0 saturated carbocycles. The van der Waals surface area contributed by atoms with Crippen molar-refractivity contribution in [2.24, 2.45) is 13.0 Å². The van der Waals surface area contributed by atoms with E-state index < -0.39 is 11.7 Å². The molecule has 2 amide bonds. The van der Waals surface area contributed by atoms with Crippen molar-refractivity contribution in [1.29, 1.82) is 0 Å². The van der Waals surface area contributed by atoms with Crippen LogP contribution in [0.1, 0.15) is 52.3 Å². The summed E-state index contributed by atoms with van der Waals surface area (Å²) >= 11 is 5.96. The lowest BCUT2D eigenvalue weighted by atomic mass is 9.86. The van der Waals surface area contributed by atoms with Crippen molar-refractivity contribution in [3.05, 3.63) is 28.2 Å². The molecule has 1 saturated heterocycles. The number of amides is 2. The first-order chi connectivity index (χ1) is 14.5. The van der Waals surface area contributed by atoms with Crippen molar-refractivity contribution >= 4 is 23.6 Å². The van der Waals surface area contributed by atoms with Crippen LogP contribution in [0.4, 0.5) is 4.79 Å². The predicted molar refractivity (Wildman–Crippen MR) is 119 cm³/mol. The van der Waals surface area contributed by atoms with Gasteiger partial charge in [0, 0.05) is 25.7 Å². The van der Waals surface area contributed by atoms with Crippen LogP contribution >= 0.6 is 11.6 Å². The minimum absolute atomic E-state index is 0.146. The summed E-state index contributed by atoms with van der Waals surface area (Å²) in [4.78, 5) is 38.7. The Morgan fingerprint density at radius 2 is 2.00 bits per heavy atom. The molecule has 0 radical (unpaired) electrons. The molecule has 2 atom stereocenters. The average molecular weight is 456 g/mol. The molecule has 2 heterocycles. The molecule has 1 aliphatic heterocycles. The number of ether oxygens (including phenoxy) is 1. The molecule has 1 aromatic heterocycles. The van der Waals surface area contributed by atoms with Crippen molar-refractivity contribution in [3.63, 3.8) is 0 Å². The van der Waals surface area contributed by atoms with Gasteiger partial charge in [0.15, 0.2) is 0 Å². The Kier molecular flexibility index (Phi) is 8.88. The van der Waals surface area contributed by atoms with E-state index in [0.29, 0.717) is 5.69 Å². The summed E-state index contributed by atoms with van der Waals surface area (Å²) in [6.45, 7) is 9.09. The summed E-state index contributed by atoms with van der Waals surface area (Å²) in [5.41, 5.74) is -0.203. The van der Waals surface area contributed by atoms with Crippen LogP contribution in [-0.4, -0.2) is 63.8 Å². The third-order valence-electron chi connectivity index (χ3n) is 5.12. The van der Waals surface area contributed by atoms with Gasteiger partial charge in [-0.25, -0.2) is 9.48 Å². The van der Waals surface area contributed by atoms with Gasteiger partial charge in [0.1, 0.15) is 11.5 Å². The molecule has 0 aromatic carbocycles. The van der Waals surface area contributed by atoms with Crippen molar-refractivity contribution in [3.8, 4) is 0 Å². The van der Waals surface area contributed by atoms with Crippen LogP contribution < -0.4 is 16.2 Å². The maximum atomic E-state index is 12.9. The Bertz CT molecular complexity index is 817. The van der Waals surface area contributed by atoms with Crippen LogP contribution in [0.2, 0.25) is 0 Å². The van der Waals surface area contributed by atoms with Crippen molar-refractivity contribution in [1.82, 2.24) is 25.3 Å². The number of nitrogens with one attached hydrogen (secondary N) is 2. The minimum Gasteiger partial charge on any atom is -0.444 e. The van der Waals surface area contributed by atoms with E-state index in [-0.39, 0.29) is 41.9 Å². The fourth-order valence-electron chi connectivity index (χ4n) is 3.79. The van der Waals surface area contributed by atoms with Gasteiger partial charge in [-0.3, -0.25) is 9.59 Å². The van der Waals surface area contributed by atoms with Crippen molar-refractivity contribution in [2.75, 3.05) is 25.5 Å². The van der Waals surface area contributed by atoms with Gasteiger partial charge in [0.05, 0.1) is 11.7 Å². The number of piperidine rings is 1. The molecule has 1 fully saturated rings. The number of nitrogens with zero attached hydrogens (tertiary/aromatic N) is 3. The van der Waals surface area contributed by atoms with Gasteiger partial charge >= 0.3 is 6.09 Å². The zero-order valence-electron chi connectivity index (χ0n) is 19.0. The molecular formula is C21H34ClN5O4. The summed E-state index contributed by atoms with van der Waals surface area (Å²) in [7, 11) is 1.59. The molecule has 10 heteroatoms. The second-order valence-corrected chi connectivity index (χ2v) is 9.25. The van der Waals surface area contributed by atoms with E-state index in [4.69, 9.17) is 16.3 Å². The smallest absolute Gasteiger partial charge is 0.407 e. The van der Waals surface area contributed by atoms with Gasteiger partial charge in [-0.15, -0.1) is 11.6 Å². The molecule has 174 valence electrons. The second kappa shape index (κ2) is 10.9. The van der Waals surface area contributed by atoms with E-state index >= 15 is 0 Å². The lowest BCUT2D eigenvalue weighted by Crippen LogP contribution is -2.50. The van der Waals surface area contributed by atoms with Crippen LogP contribution in [0.5, 0.6) is 0 Å². The Balaban J connectivity index is 2.32. The Morgan fingerprint density at radius 1 is 1.35 bits per heavy atom. The highest BCUT2D eigenvalue weighted by Crippen LogP contribution is 2.33. The monoisotopic (exact) mass is 455 g/mol. The number of hydrogen-bond acceptors (Lipinski definition) is 6. The molecule has 2 rings (SSSR count). The van der Waals surface area contributed by atoms with Crippen LogP contribution in [-0.2, 0) is 16.6 Å². The highest BCUT2D eigenvalue weighted by atomic mass is 35.5. The number of carbonyl (C=O) groups is 2. The highest BCUT2D eigenvalue weighted by Gasteiger charge is 2.35. The number of halogens is 1. The normalized spacial score (nSPS) is 17.0. The number of aromatic nitrogens is 2. The lowest BCUT2D eigenvalue weighted by Gasteiger charge is -2.39. The molecule has 0 bridgehead atoms. The first kappa shape index (κ1) is 25.1. The van der Waals surface area contributed by atoms with E-state index in [2.05, 4.69) is 15.7 Å². The molecule has 1 aliphatic rings. The Morgan fingerprint density at radius 3 is 2.55 bits per heavy atom. The van der Waals surface area contributed by atoms with Crippen molar-refractivity contribution in [2.45, 2.75) is 58.2 Å². The van der Waals surface area contributed by atoms with Crippen LogP contribution in [0.25, 0.3) is 0 Å². The summed E-state index contributed by atoms with van der Waals surface area (Å²) in [5.74, 6) is -0.294. The molecule has 1 aromatic rings. The number of hydrogen-bond donors (Lipinski definition) is 2. The van der Waals surface area contributed by atoms with Crippen LogP contribution in [0, 0.1) is 5.92 Å². The van der Waals surface area contributed by atoms with Gasteiger partial charge in [0.2, 0.25) is 5.91 Å². The highest BCUT2D eigenvalue weighted by molar-refractivity contribution is 6.27. The molecule has 31 heavy (non-hydrogen) atoms. The minimum atomic E-state index is -0.619. The first-order valence-electron chi connectivity index (χ1n) is 10.6. The number of alkyl halides is 1. The molecular weight excluding hydrogens is 422 g/mol. The largest absolute Gasteiger partial charge is 0.444 e. The second-order valence-electron chi connectivity index (χ2n) is 8.98. The first-order valence-corrected chi connectivity index (χ1v) is 11.1. The van der Waals surface area contributed by atoms with Crippen LogP contribution in [0.3, 0.4) is 0 Å². The van der Waals surface area contributed by atoms with Gasteiger partial charge in [-0.05, 0) is 65.6 Å². The third kappa shape index (κ3) is 7.50. The predicted octanol–water partition coefficient (Wildman–Crippen LogP) is 1.80. The Hall–Kier alpha value is -2.13. The quantitative estimate of drug-likeness (QED) is 0.607.